The number of para-hydroxylation sites is 1. The SMILES string of the molecule is C=C1N[C@H]2[C@H](CN3C(=O)CN(c4ccccc4)C3=O)N=C(NC(=O)OCC(Cl)(Cl)Cl)N3CC=C[C@]23N1. The van der Waals surface area contributed by atoms with E-state index in [0.717, 1.165) is 0 Å². The van der Waals surface area contributed by atoms with E-state index in [9.17, 15) is 14.4 Å². The van der Waals surface area contributed by atoms with Gasteiger partial charge >= 0.3 is 12.1 Å². The molecule has 0 aliphatic carbocycles. The third-order valence-corrected chi connectivity index (χ3v) is 6.59. The normalized spacial score (nSPS) is 26.9. The number of amides is 4. The lowest BCUT2D eigenvalue weighted by Gasteiger charge is -2.46. The lowest BCUT2D eigenvalue weighted by Crippen LogP contribution is -2.70. The number of nitrogens with one attached hydrogen (secondary N) is 3. The van der Waals surface area contributed by atoms with Gasteiger partial charge in [0.05, 0.1) is 24.4 Å². The summed E-state index contributed by atoms with van der Waals surface area (Å²) in [4.78, 5) is 47.6. The summed E-state index contributed by atoms with van der Waals surface area (Å²) in [5.74, 6) is 0.374. The number of urea groups is 1. The van der Waals surface area contributed by atoms with E-state index in [1.54, 1.807) is 24.3 Å². The van der Waals surface area contributed by atoms with Gasteiger partial charge in [0.2, 0.25) is 9.75 Å². The summed E-state index contributed by atoms with van der Waals surface area (Å²) in [6, 6.07) is 7.49. The number of alkyl carbamates (subject to hydrolysis) is 1. The number of carbonyl (C=O) groups is 3. The van der Waals surface area contributed by atoms with Crippen molar-refractivity contribution in [3.8, 4) is 0 Å². The first-order chi connectivity index (χ1) is 17.1. The molecule has 14 heteroatoms. The maximum Gasteiger partial charge on any atom is 0.414 e. The van der Waals surface area contributed by atoms with Crippen molar-refractivity contribution in [2.75, 3.05) is 31.1 Å². The van der Waals surface area contributed by atoms with Gasteiger partial charge in [0.1, 0.15) is 13.2 Å². The molecule has 11 nitrogen and oxygen atoms in total. The summed E-state index contributed by atoms with van der Waals surface area (Å²) in [5, 5.41) is 9.17. The Morgan fingerprint density at radius 1 is 1.28 bits per heavy atom. The van der Waals surface area contributed by atoms with Crippen LogP contribution in [0.1, 0.15) is 0 Å². The number of nitrogens with zero attached hydrogens (tertiary/aromatic N) is 4. The second-order valence-electron chi connectivity index (χ2n) is 8.61. The van der Waals surface area contributed by atoms with Crippen LogP contribution in [0.15, 0.2) is 59.9 Å². The minimum absolute atomic E-state index is 0.0224. The molecule has 0 radical (unpaired) electrons. The van der Waals surface area contributed by atoms with Crippen molar-refractivity contribution in [2.24, 2.45) is 4.99 Å². The number of aliphatic imine (C=N–C) groups is 1. The van der Waals surface area contributed by atoms with E-state index in [0.29, 0.717) is 18.1 Å². The molecule has 36 heavy (non-hydrogen) atoms. The van der Waals surface area contributed by atoms with E-state index in [4.69, 9.17) is 44.5 Å². The standard InChI is InChI=1S/C22H22Cl3N7O4/c1-13-26-17-15(10-31-16(33)11-30(20(31)35)14-6-3-2-4-7-14)27-18(28-19(34)36-12-22(23,24)25)32-9-5-8-21(17,32)29-13/h2-8,15,17,26,29H,1,9-12H2,(H,27,28,34)/t15-,17-,21+/m0/s1. The van der Waals surface area contributed by atoms with Gasteiger partial charge in [0.25, 0.3) is 5.91 Å². The average Bonchev–Trinajstić information content (AvgIpc) is 3.48. The lowest BCUT2D eigenvalue weighted by atomic mass is 9.92. The number of anilines is 1. The first kappa shape index (κ1) is 24.5. The zero-order chi connectivity index (χ0) is 25.7. The van der Waals surface area contributed by atoms with Gasteiger partial charge in [-0.25, -0.2) is 14.6 Å². The summed E-state index contributed by atoms with van der Waals surface area (Å²) in [7, 11) is 0. The number of guanidine groups is 1. The maximum absolute atomic E-state index is 13.2. The molecule has 0 aromatic heterocycles. The predicted molar refractivity (Wildman–Crippen MR) is 135 cm³/mol. The van der Waals surface area contributed by atoms with Crippen LogP contribution in [0.3, 0.4) is 0 Å². The highest BCUT2D eigenvalue weighted by Gasteiger charge is 2.57. The van der Waals surface area contributed by atoms with E-state index >= 15 is 0 Å². The van der Waals surface area contributed by atoms with Gasteiger partial charge in [-0.2, -0.15) is 0 Å². The van der Waals surface area contributed by atoms with E-state index in [-0.39, 0.29) is 25.0 Å². The number of rotatable bonds is 4. The van der Waals surface area contributed by atoms with E-state index in [1.807, 2.05) is 23.1 Å². The van der Waals surface area contributed by atoms with Crippen LogP contribution in [0.25, 0.3) is 0 Å². The molecule has 4 aliphatic rings. The number of ether oxygens (including phenoxy) is 1. The van der Waals surface area contributed by atoms with Crippen LogP contribution in [-0.2, 0) is 9.53 Å². The zero-order valence-electron chi connectivity index (χ0n) is 18.8. The quantitative estimate of drug-likeness (QED) is 0.295. The number of halogens is 3. The van der Waals surface area contributed by atoms with Crippen molar-refractivity contribution in [3.05, 3.63) is 54.9 Å². The Balaban J connectivity index is 1.41. The van der Waals surface area contributed by atoms with E-state index in [1.165, 1.54) is 9.80 Å². The molecule has 4 amide bonds. The number of imide groups is 1. The largest absolute Gasteiger partial charge is 0.445 e. The molecular weight excluding hydrogens is 533 g/mol. The molecule has 5 rings (SSSR count). The van der Waals surface area contributed by atoms with Gasteiger partial charge in [-0.1, -0.05) is 65.7 Å². The Labute approximate surface area is 221 Å². The molecule has 4 heterocycles. The van der Waals surface area contributed by atoms with Gasteiger partial charge in [-0.15, -0.1) is 0 Å². The fourth-order valence-corrected chi connectivity index (χ4v) is 4.97. The Bertz CT molecular complexity index is 1170. The number of alkyl halides is 3. The van der Waals surface area contributed by atoms with Crippen molar-refractivity contribution in [3.63, 3.8) is 0 Å². The zero-order valence-corrected chi connectivity index (χ0v) is 21.1. The van der Waals surface area contributed by atoms with Gasteiger partial charge in [0, 0.05) is 12.2 Å². The van der Waals surface area contributed by atoms with Gasteiger partial charge < -0.3 is 20.3 Å². The van der Waals surface area contributed by atoms with Crippen LogP contribution in [0, 0.1) is 0 Å². The number of hydrogen-bond donors (Lipinski definition) is 3. The monoisotopic (exact) mass is 553 g/mol. The van der Waals surface area contributed by atoms with Crippen LogP contribution in [-0.4, -0.2) is 81.6 Å². The van der Waals surface area contributed by atoms with E-state index in [2.05, 4.69) is 22.5 Å². The molecule has 1 spiro atoms. The average molecular weight is 555 g/mol. The van der Waals surface area contributed by atoms with Gasteiger partial charge in [0.15, 0.2) is 5.66 Å². The molecule has 0 unspecified atom stereocenters. The Morgan fingerprint density at radius 2 is 2.03 bits per heavy atom. The topological polar surface area (TPSA) is 119 Å². The first-order valence-corrected chi connectivity index (χ1v) is 12.1. The number of hydrogen-bond acceptors (Lipinski definition) is 8. The summed E-state index contributed by atoms with van der Waals surface area (Å²) < 4.78 is 3.23. The molecule has 190 valence electrons. The van der Waals surface area contributed by atoms with Crippen LogP contribution < -0.4 is 20.9 Å². The minimum Gasteiger partial charge on any atom is -0.445 e. The minimum atomic E-state index is -1.77. The van der Waals surface area contributed by atoms with Crippen LogP contribution in [0.2, 0.25) is 0 Å². The number of benzene rings is 1. The van der Waals surface area contributed by atoms with Crippen molar-refractivity contribution >= 4 is 64.5 Å². The molecule has 2 fully saturated rings. The fraction of sp³-hybridized carbons (Fsp3) is 0.364. The molecule has 3 N–H and O–H groups in total. The first-order valence-electron chi connectivity index (χ1n) is 11.0. The summed E-state index contributed by atoms with van der Waals surface area (Å²) in [6.45, 7) is 3.85. The molecule has 1 aromatic carbocycles. The Morgan fingerprint density at radius 3 is 2.75 bits per heavy atom. The molecule has 4 aliphatic heterocycles. The highest BCUT2D eigenvalue weighted by atomic mass is 35.6. The highest BCUT2D eigenvalue weighted by Crippen LogP contribution is 2.36. The van der Waals surface area contributed by atoms with Crippen LogP contribution >= 0.6 is 34.8 Å². The van der Waals surface area contributed by atoms with Crippen LogP contribution in [0.5, 0.6) is 0 Å². The van der Waals surface area contributed by atoms with Crippen molar-refractivity contribution < 1.29 is 19.1 Å². The lowest BCUT2D eigenvalue weighted by molar-refractivity contribution is -0.125. The smallest absolute Gasteiger partial charge is 0.414 e. The van der Waals surface area contributed by atoms with Gasteiger partial charge in [-0.3, -0.25) is 19.9 Å². The predicted octanol–water partition coefficient (Wildman–Crippen LogP) is 1.89. The highest BCUT2D eigenvalue weighted by molar-refractivity contribution is 6.67. The van der Waals surface area contributed by atoms with Crippen LogP contribution in [0.4, 0.5) is 15.3 Å². The van der Waals surface area contributed by atoms with Crippen molar-refractivity contribution in [2.45, 2.75) is 21.5 Å². The molecule has 3 atom stereocenters. The molecule has 2 saturated heterocycles. The second kappa shape index (κ2) is 9.06. The molecule has 1 aromatic rings. The Kier molecular flexibility index (Phi) is 6.17. The molecular formula is C22H22Cl3N7O4. The van der Waals surface area contributed by atoms with E-state index < -0.39 is 40.3 Å². The summed E-state index contributed by atoms with van der Waals surface area (Å²) >= 11 is 17.0. The third-order valence-electron chi connectivity index (χ3n) is 6.26. The third kappa shape index (κ3) is 4.42. The Hall–Kier alpha value is -3.15. The second-order valence-corrected chi connectivity index (χ2v) is 11.1. The molecule has 0 saturated carbocycles. The molecule has 0 bridgehead atoms. The fourth-order valence-electron chi connectivity index (χ4n) is 4.80. The van der Waals surface area contributed by atoms with Gasteiger partial charge in [-0.05, 0) is 18.2 Å². The summed E-state index contributed by atoms with van der Waals surface area (Å²) in [5.41, 5.74) is -0.202. The maximum atomic E-state index is 13.2. The number of carbonyl (C=O) groups excluding carboxylic acids is 3. The van der Waals surface area contributed by atoms with Crippen molar-refractivity contribution in [1.82, 2.24) is 25.8 Å². The summed E-state index contributed by atoms with van der Waals surface area (Å²) in [6.07, 6.45) is 2.98. The van der Waals surface area contributed by atoms with Crippen molar-refractivity contribution in [1.29, 1.82) is 0 Å².